The van der Waals surface area contributed by atoms with E-state index < -0.39 is 0 Å². The van der Waals surface area contributed by atoms with E-state index in [1.165, 1.54) is 0 Å². The minimum Gasteiger partial charge on any atom is -0.491 e. The molecule has 0 aliphatic carbocycles. The summed E-state index contributed by atoms with van der Waals surface area (Å²) in [5, 5.41) is 3.50. The van der Waals surface area contributed by atoms with Gasteiger partial charge in [0, 0.05) is 30.1 Å². The summed E-state index contributed by atoms with van der Waals surface area (Å²) in [6, 6.07) is 20.6. The SMILES string of the molecule is O=C1CN(Cc2ccccc2OCCN2CCCC2=O)CCCCCOc2ccccc2Oc2ccc(Cl)cc2N1. The number of likely N-dealkylation sites (tertiary alicyclic amines) is 1. The average molecular weight is 578 g/mol. The zero-order valence-corrected chi connectivity index (χ0v) is 23.9. The summed E-state index contributed by atoms with van der Waals surface area (Å²) >= 11 is 6.29. The Labute approximate surface area is 246 Å². The van der Waals surface area contributed by atoms with E-state index in [2.05, 4.69) is 10.2 Å². The van der Waals surface area contributed by atoms with Gasteiger partial charge in [0.25, 0.3) is 0 Å². The summed E-state index contributed by atoms with van der Waals surface area (Å²) in [6.45, 7) is 3.85. The molecule has 0 atom stereocenters. The second-order valence-electron chi connectivity index (χ2n) is 10.3. The molecule has 1 N–H and O–H groups in total. The van der Waals surface area contributed by atoms with Crippen LogP contribution in [0.15, 0.2) is 66.7 Å². The molecule has 3 aromatic carbocycles. The van der Waals surface area contributed by atoms with Gasteiger partial charge in [0.15, 0.2) is 17.2 Å². The fourth-order valence-electron chi connectivity index (χ4n) is 5.09. The molecule has 3 aromatic rings. The molecule has 0 spiro atoms. The van der Waals surface area contributed by atoms with Gasteiger partial charge in [0.2, 0.25) is 11.8 Å². The van der Waals surface area contributed by atoms with Gasteiger partial charge in [-0.1, -0.05) is 41.9 Å². The Morgan fingerprint density at radius 1 is 0.878 bits per heavy atom. The molecular weight excluding hydrogens is 542 g/mol. The lowest BCUT2D eigenvalue weighted by molar-refractivity contribution is -0.128. The Balaban J connectivity index is 1.30. The quantitative estimate of drug-likeness (QED) is 0.379. The third kappa shape index (κ3) is 8.15. The Kier molecular flexibility index (Phi) is 9.99. The average Bonchev–Trinajstić information content (AvgIpc) is 3.37. The van der Waals surface area contributed by atoms with E-state index in [1.54, 1.807) is 18.2 Å². The number of carbonyl (C=O) groups is 2. The van der Waals surface area contributed by atoms with Crippen molar-refractivity contribution in [1.82, 2.24) is 9.80 Å². The smallest absolute Gasteiger partial charge is 0.238 e. The number of amides is 2. The van der Waals surface area contributed by atoms with Gasteiger partial charge in [0.05, 0.1) is 25.4 Å². The van der Waals surface area contributed by atoms with Crippen LogP contribution in [0.1, 0.15) is 37.7 Å². The number of carbonyl (C=O) groups excluding carboxylic acids is 2. The molecule has 2 aliphatic rings. The van der Waals surface area contributed by atoms with Crippen LogP contribution < -0.4 is 19.5 Å². The normalized spacial score (nSPS) is 16.9. The van der Waals surface area contributed by atoms with E-state index in [0.29, 0.717) is 60.7 Å². The summed E-state index contributed by atoms with van der Waals surface area (Å²) < 4.78 is 18.4. The predicted molar refractivity (Wildman–Crippen MR) is 159 cm³/mol. The highest BCUT2D eigenvalue weighted by atomic mass is 35.5. The van der Waals surface area contributed by atoms with Gasteiger partial charge >= 0.3 is 0 Å². The number of nitrogens with zero attached hydrogens (tertiary/aromatic N) is 2. The zero-order chi connectivity index (χ0) is 28.4. The van der Waals surface area contributed by atoms with E-state index in [4.69, 9.17) is 25.8 Å². The van der Waals surface area contributed by atoms with Gasteiger partial charge in [-0.2, -0.15) is 0 Å². The molecule has 0 saturated carbocycles. The third-order valence-corrected chi connectivity index (χ3v) is 7.42. The second-order valence-corrected chi connectivity index (χ2v) is 10.7. The summed E-state index contributed by atoms with van der Waals surface area (Å²) in [7, 11) is 0. The van der Waals surface area contributed by atoms with Gasteiger partial charge < -0.3 is 24.4 Å². The number of anilines is 1. The van der Waals surface area contributed by atoms with E-state index in [1.807, 2.05) is 53.4 Å². The number of para-hydroxylation sites is 3. The number of ether oxygens (including phenoxy) is 3. The molecule has 0 unspecified atom stereocenters. The van der Waals surface area contributed by atoms with Crippen LogP contribution in [0.5, 0.6) is 23.0 Å². The minimum absolute atomic E-state index is 0.164. The van der Waals surface area contributed by atoms with Gasteiger partial charge in [0.1, 0.15) is 12.4 Å². The van der Waals surface area contributed by atoms with Crippen molar-refractivity contribution in [3.05, 3.63) is 77.3 Å². The van der Waals surface area contributed by atoms with Crippen molar-refractivity contribution < 1.29 is 23.8 Å². The molecule has 2 amide bonds. The number of hydrogen-bond donors (Lipinski definition) is 1. The highest BCUT2D eigenvalue weighted by Crippen LogP contribution is 2.36. The van der Waals surface area contributed by atoms with Crippen LogP contribution in [0, 0.1) is 0 Å². The van der Waals surface area contributed by atoms with Crippen LogP contribution in [0.2, 0.25) is 5.02 Å². The molecule has 0 aromatic heterocycles. The van der Waals surface area contributed by atoms with Crippen LogP contribution in [0.25, 0.3) is 0 Å². The fourth-order valence-corrected chi connectivity index (χ4v) is 5.26. The maximum absolute atomic E-state index is 13.3. The molecule has 2 aliphatic heterocycles. The van der Waals surface area contributed by atoms with Crippen molar-refractivity contribution >= 4 is 29.1 Å². The number of halogens is 1. The summed E-state index contributed by atoms with van der Waals surface area (Å²) in [4.78, 5) is 29.3. The van der Waals surface area contributed by atoms with Crippen molar-refractivity contribution in [2.24, 2.45) is 0 Å². The van der Waals surface area contributed by atoms with Crippen LogP contribution in [-0.4, -0.2) is 61.0 Å². The van der Waals surface area contributed by atoms with Crippen molar-refractivity contribution in [2.75, 3.05) is 44.7 Å². The van der Waals surface area contributed by atoms with E-state index in [9.17, 15) is 9.59 Å². The van der Waals surface area contributed by atoms with Crippen LogP contribution in [-0.2, 0) is 16.1 Å². The molecule has 8 nitrogen and oxygen atoms in total. The molecule has 216 valence electrons. The molecule has 9 heteroatoms. The zero-order valence-electron chi connectivity index (χ0n) is 23.1. The Bertz CT molecular complexity index is 1350. The molecule has 1 fully saturated rings. The Hall–Kier alpha value is -3.75. The molecule has 0 radical (unpaired) electrons. The highest BCUT2D eigenvalue weighted by Gasteiger charge is 2.20. The van der Waals surface area contributed by atoms with Crippen molar-refractivity contribution in [1.29, 1.82) is 0 Å². The first-order valence-corrected chi connectivity index (χ1v) is 14.6. The fraction of sp³-hybridized carbons (Fsp3) is 0.375. The van der Waals surface area contributed by atoms with Crippen molar-refractivity contribution in [2.45, 2.75) is 38.6 Å². The number of rotatable bonds is 6. The third-order valence-electron chi connectivity index (χ3n) is 7.18. The largest absolute Gasteiger partial charge is 0.491 e. The number of fused-ring (bicyclic) bond motifs is 2. The monoisotopic (exact) mass is 577 g/mol. The second kappa shape index (κ2) is 14.2. The number of nitrogens with one attached hydrogen (secondary N) is 1. The van der Waals surface area contributed by atoms with E-state index in [0.717, 1.165) is 50.1 Å². The summed E-state index contributed by atoms with van der Waals surface area (Å²) in [5.41, 5.74) is 1.49. The lowest BCUT2D eigenvalue weighted by Crippen LogP contribution is -2.34. The first-order valence-electron chi connectivity index (χ1n) is 14.2. The Morgan fingerprint density at radius 2 is 1.71 bits per heavy atom. The number of hydrogen-bond acceptors (Lipinski definition) is 6. The first kappa shape index (κ1) is 28.8. The standard InChI is InChI=1S/C32H36ClN3O5/c33-25-14-15-28-26(21-25)34-31(37)23-35(16-6-1-7-19-39-29-11-4-5-12-30(29)41-28)22-24-9-2-3-10-27(24)40-20-18-36-17-8-13-32(36)38/h2-5,9-12,14-15,21H,1,6-8,13,16-20,22-23H2,(H,34,37). The van der Waals surface area contributed by atoms with Crippen molar-refractivity contribution in [3.8, 4) is 23.0 Å². The molecule has 5 rings (SSSR count). The van der Waals surface area contributed by atoms with Gasteiger partial charge in [-0.25, -0.2) is 0 Å². The first-order chi connectivity index (χ1) is 20.0. The molecule has 41 heavy (non-hydrogen) atoms. The van der Waals surface area contributed by atoms with Crippen molar-refractivity contribution in [3.63, 3.8) is 0 Å². The maximum atomic E-state index is 13.3. The maximum Gasteiger partial charge on any atom is 0.238 e. The van der Waals surface area contributed by atoms with Gasteiger partial charge in [-0.15, -0.1) is 0 Å². The van der Waals surface area contributed by atoms with Gasteiger partial charge in [-0.05, 0) is 68.6 Å². The molecule has 0 bridgehead atoms. The number of benzene rings is 3. The van der Waals surface area contributed by atoms with E-state index >= 15 is 0 Å². The predicted octanol–water partition coefficient (Wildman–Crippen LogP) is 6.14. The molecule has 1 saturated heterocycles. The van der Waals surface area contributed by atoms with Crippen LogP contribution >= 0.6 is 11.6 Å². The minimum atomic E-state index is -0.164. The topological polar surface area (TPSA) is 80.3 Å². The lowest BCUT2D eigenvalue weighted by atomic mass is 10.1. The summed E-state index contributed by atoms with van der Waals surface area (Å²) in [6.07, 6.45) is 4.29. The molecular formula is C32H36ClN3O5. The van der Waals surface area contributed by atoms with Crippen LogP contribution in [0.3, 0.4) is 0 Å². The molecule has 2 heterocycles. The highest BCUT2D eigenvalue weighted by molar-refractivity contribution is 6.31. The lowest BCUT2D eigenvalue weighted by Gasteiger charge is -2.24. The van der Waals surface area contributed by atoms with Crippen LogP contribution in [0.4, 0.5) is 5.69 Å². The summed E-state index contributed by atoms with van der Waals surface area (Å²) in [5.74, 6) is 2.51. The van der Waals surface area contributed by atoms with Gasteiger partial charge in [-0.3, -0.25) is 14.5 Å². The Morgan fingerprint density at radius 3 is 2.56 bits per heavy atom. The van der Waals surface area contributed by atoms with E-state index in [-0.39, 0.29) is 18.4 Å².